The summed E-state index contributed by atoms with van der Waals surface area (Å²) in [6.45, 7) is 4.85. The minimum absolute atomic E-state index is 0.00371. The van der Waals surface area contributed by atoms with Gasteiger partial charge in [0.2, 0.25) is 11.8 Å². The Morgan fingerprint density at radius 1 is 1.27 bits per heavy atom. The molecule has 1 aliphatic rings. The van der Waals surface area contributed by atoms with Crippen molar-refractivity contribution < 1.29 is 14.4 Å². The molecule has 0 saturated carbocycles. The van der Waals surface area contributed by atoms with Gasteiger partial charge in [0.1, 0.15) is 12.2 Å². The summed E-state index contributed by atoms with van der Waals surface area (Å²) in [5.41, 5.74) is 2.46. The fourth-order valence-electron chi connectivity index (χ4n) is 3.56. The van der Waals surface area contributed by atoms with E-state index < -0.39 is 0 Å². The summed E-state index contributed by atoms with van der Waals surface area (Å²) in [4.78, 5) is 40.9. The number of aryl methyl sites for hydroxylation is 2. The van der Waals surface area contributed by atoms with Crippen molar-refractivity contribution in [2.75, 3.05) is 25.0 Å². The van der Waals surface area contributed by atoms with Crippen molar-refractivity contribution >= 4 is 39.3 Å². The molecule has 0 fully saturated rings. The largest absolute Gasteiger partial charge is 0.349 e. The number of aromatic nitrogens is 1. The number of amides is 3. The number of rotatable bonds is 7. The molecule has 8 heteroatoms. The number of fused-ring (bicyclic) bond motifs is 1. The average molecular weight is 475 g/mol. The lowest BCUT2D eigenvalue weighted by Crippen LogP contribution is -2.48. The molecule has 0 radical (unpaired) electrons. The summed E-state index contributed by atoms with van der Waals surface area (Å²) in [6.07, 6.45) is 2.97. The van der Waals surface area contributed by atoms with E-state index in [4.69, 9.17) is 0 Å². The molecule has 160 valence electrons. The maximum Gasteiger partial charge on any atom is 0.268 e. The number of hydrogen-bond donors (Lipinski definition) is 1. The van der Waals surface area contributed by atoms with Gasteiger partial charge in [-0.1, -0.05) is 18.2 Å². The van der Waals surface area contributed by atoms with E-state index in [0.29, 0.717) is 31.6 Å². The molecular weight excluding hydrogens is 448 g/mol. The smallest absolute Gasteiger partial charge is 0.268 e. The fourth-order valence-corrected chi connectivity index (χ4v) is 4.02. The number of nitrogens with one attached hydrogen (secondary N) is 1. The van der Waals surface area contributed by atoms with E-state index in [1.54, 1.807) is 22.9 Å². The first-order chi connectivity index (χ1) is 14.3. The molecule has 3 rings (SSSR count). The highest BCUT2D eigenvalue weighted by Gasteiger charge is 2.28. The minimum Gasteiger partial charge on any atom is -0.349 e. The molecule has 1 aromatic heterocycles. The molecule has 1 N–H and O–H groups in total. The molecule has 1 aliphatic heterocycles. The molecule has 0 aliphatic carbocycles. The van der Waals surface area contributed by atoms with E-state index in [1.165, 1.54) is 0 Å². The van der Waals surface area contributed by atoms with Crippen LogP contribution in [0.15, 0.2) is 41.0 Å². The van der Waals surface area contributed by atoms with Crippen molar-refractivity contribution in [1.82, 2.24) is 14.8 Å². The first-order valence-electron chi connectivity index (χ1n) is 10.1. The van der Waals surface area contributed by atoms with Crippen LogP contribution in [0.4, 0.5) is 5.69 Å². The lowest BCUT2D eigenvalue weighted by Gasteiger charge is -2.32. The third-order valence-corrected chi connectivity index (χ3v) is 5.97. The third-order valence-electron chi connectivity index (χ3n) is 5.53. The maximum atomic E-state index is 12.8. The number of para-hydroxylation sites is 1. The van der Waals surface area contributed by atoms with Crippen molar-refractivity contribution in [2.24, 2.45) is 0 Å². The molecule has 1 atom stereocenters. The second-order valence-electron chi connectivity index (χ2n) is 7.50. The van der Waals surface area contributed by atoms with Crippen molar-refractivity contribution in [3.8, 4) is 0 Å². The lowest BCUT2D eigenvalue weighted by atomic mass is 10.0. The maximum absolute atomic E-state index is 12.8. The Morgan fingerprint density at radius 3 is 2.73 bits per heavy atom. The third kappa shape index (κ3) is 4.75. The van der Waals surface area contributed by atoms with Crippen LogP contribution in [0, 0.1) is 0 Å². The molecule has 3 amide bonds. The number of nitrogens with zero attached hydrogens (tertiary/aromatic N) is 3. The van der Waals surface area contributed by atoms with Gasteiger partial charge >= 0.3 is 0 Å². The van der Waals surface area contributed by atoms with Gasteiger partial charge in [-0.05, 0) is 53.9 Å². The number of carbonyl (C=O) groups excluding carboxylic acids is 3. The second kappa shape index (κ2) is 9.47. The van der Waals surface area contributed by atoms with Crippen LogP contribution in [0.3, 0.4) is 0 Å². The van der Waals surface area contributed by atoms with Gasteiger partial charge in [0, 0.05) is 49.0 Å². The number of likely N-dealkylation sites (N-methyl/N-ethyl adjacent to an activating group) is 1. The summed E-state index contributed by atoms with van der Waals surface area (Å²) in [7, 11) is 1.70. The van der Waals surface area contributed by atoms with Gasteiger partial charge in [-0.25, -0.2) is 0 Å². The molecule has 0 bridgehead atoms. The first-order valence-corrected chi connectivity index (χ1v) is 10.9. The number of halogens is 1. The predicted octanol–water partition coefficient (Wildman–Crippen LogP) is 2.83. The van der Waals surface area contributed by atoms with Gasteiger partial charge in [-0.3, -0.25) is 14.4 Å². The van der Waals surface area contributed by atoms with Crippen LogP contribution in [0.2, 0.25) is 0 Å². The van der Waals surface area contributed by atoms with E-state index in [0.717, 1.165) is 15.7 Å². The van der Waals surface area contributed by atoms with Crippen LogP contribution < -0.4 is 10.2 Å². The SMILES string of the molecule is CCn1cc(Br)cc1C(=O)NCC(C)N(C)C(=O)CN1C(=O)CCc2ccccc21. The van der Waals surface area contributed by atoms with E-state index in [-0.39, 0.29) is 30.3 Å². The zero-order valence-corrected chi connectivity index (χ0v) is 19.1. The van der Waals surface area contributed by atoms with Gasteiger partial charge in [-0.15, -0.1) is 0 Å². The summed E-state index contributed by atoms with van der Waals surface area (Å²) < 4.78 is 2.71. The molecule has 0 saturated heterocycles. The van der Waals surface area contributed by atoms with Crippen molar-refractivity contribution in [1.29, 1.82) is 0 Å². The van der Waals surface area contributed by atoms with Gasteiger partial charge < -0.3 is 19.7 Å². The second-order valence-corrected chi connectivity index (χ2v) is 8.42. The van der Waals surface area contributed by atoms with Gasteiger partial charge in [0.15, 0.2) is 0 Å². The normalized spacial score (nSPS) is 14.3. The monoisotopic (exact) mass is 474 g/mol. The Bertz CT molecular complexity index is 956. The van der Waals surface area contributed by atoms with E-state index in [1.807, 2.05) is 48.9 Å². The molecule has 2 aromatic rings. The summed E-state index contributed by atoms with van der Waals surface area (Å²) in [5.74, 6) is -0.390. The van der Waals surface area contributed by atoms with Gasteiger partial charge in [-0.2, -0.15) is 0 Å². The Labute approximate surface area is 185 Å². The number of hydrogen-bond acceptors (Lipinski definition) is 3. The molecule has 30 heavy (non-hydrogen) atoms. The fraction of sp³-hybridized carbons (Fsp3) is 0.409. The van der Waals surface area contributed by atoms with Gasteiger partial charge in [0.25, 0.3) is 5.91 Å². The highest BCUT2D eigenvalue weighted by molar-refractivity contribution is 9.10. The zero-order chi connectivity index (χ0) is 21.8. The topological polar surface area (TPSA) is 74.7 Å². The Kier molecular flexibility index (Phi) is 6.97. The average Bonchev–Trinajstić information content (AvgIpc) is 3.14. The minimum atomic E-state index is -0.218. The Morgan fingerprint density at radius 2 is 2.00 bits per heavy atom. The standard InChI is InChI=1S/C22H27BrN4O3/c1-4-26-13-17(23)11-19(26)22(30)24-12-15(2)25(3)21(29)14-27-18-8-6-5-7-16(18)9-10-20(27)28/h5-8,11,13,15H,4,9-10,12,14H2,1-3H3,(H,24,30). The van der Waals surface area contributed by atoms with E-state index >= 15 is 0 Å². The number of carbonyl (C=O) groups is 3. The molecule has 2 heterocycles. The quantitative estimate of drug-likeness (QED) is 0.670. The van der Waals surface area contributed by atoms with Crippen LogP contribution in [0.5, 0.6) is 0 Å². The van der Waals surface area contributed by atoms with Crippen LogP contribution >= 0.6 is 15.9 Å². The molecule has 7 nitrogen and oxygen atoms in total. The van der Waals surface area contributed by atoms with Crippen LogP contribution in [-0.4, -0.2) is 53.4 Å². The molecular formula is C22H27BrN4O3. The van der Waals surface area contributed by atoms with Crippen molar-refractivity contribution in [2.45, 2.75) is 39.3 Å². The van der Waals surface area contributed by atoms with Crippen molar-refractivity contribution in [3.63, 3.8) is 0 Å². The molecule has 1 unspecified atom stereocenters. The van der Waals surface area contributed by atoms with E-state index in [2.05, 4.69) is 21.2 Å². The summed E-state index contributed by atoms with van der Waals surface area (Å²) in [5, 5.41) is 2.90. The summed E-state index contributed by atoms with van der Waals surface area (Å²) >= 11 is 3.39. The zero-order valence-electron chi connectivity index (χ0n) is 17.5. The Balaban J connectivity index is 1.59. The van der Waals surface area contributed by atoms with Crippen LogP contribution in [0.1, 0.15) is 36.3 Å². The highest BCUT2D eigenvalue weighted by Crippen LogP contribution is 2.27. The predicted molar refractivity (Wildman–Crippen MR) is 119 cm³/mol. The lowest BCUT2D eigenvalue weighted by molar-refractivity contribution is -0.131. The first kappa shape index (κ1) is 22.1. The van der Waals surface area contributed by atoms with Crippen LogP contribution in [-0.2, 0) is 22.6 Å². The van der Waals surface area contributed by atoms with E-state index in [9.17, 15) is 14.4 Å². The number of anilines is 1. The molecule has 0 spiro atoms. The Hall–Kier alpha value is -2.61. The van der Waals surface area contributed by atoms with Gasteiger partial charge in [0.05, 0.1) is 0 Å². The summed E-state index contributed by atoms with van der Waals surface area (Å²) in [6, 6.07) is 9.25. The highest BCUT2D eigenvalue weighted by atomic mass is 79.9. The van der Waals surface area contributed by atoms with Crippen molar-refractivity contribution in [3.05, 3.63) is 52.3 Å². The number of benzene rings is 1. The van der Waals surface area contributed by atoms with Crippen LogP contribution in [0.25, 0.3) is 0 Å². The molecule has 1 aromatic carbocycles.